The molecule has 0 saturated heterocycles. The molecule has 2 aromatic rings. The number of fused-ring (bicyclic) bond motifs is 2. The van der Waals surface area contributed by atoms with Gasteiger partial charge in [-0.25, -0.2) is 8.78 Å². The van der Waals surface area contributed by atoms with E-state index in [0.29, 0.717) is 43.7 Å². The molecule has 0 radical (unpaired) electrons. The average molecular weight is 470 g/mol. The van der Waals surface area contributed by atoms with Gasteiger partial charge in [-0.1, -0.05) is 36.8 Å². The minimum atomic E-state index is -1.14. The Morgan fingerprint density at radius 3 is 2.62 bits per heavy atom. The third-order valence-corrected chi connectivity index (χ3v) is 7.66. The van der Waals surface area contributed by atoms with E-state index in [1.807, 2.05) is 12.1 Å². The molecule has 2 nitrogen and oxygen atoms in total. The van der Waals surface area contributed by atoms with Crippen LogP contribution in [0, 0.1) is 5.82 Å². The van der Waals surface area contributed by atoms with E-state index in [1.54, 1.807) is 0 Å². The lowest BCUT2D eigenvalue weighted by Crippen LogP contribution is -2.45. The summed E-state index contributed by atoms with van der Waals surface area (Å²) in [5, 5.41) is 0. The van der Waals surface area contributed by atoms with Gasteiger partial charge in [0.1, 0.15) is 17.2 Å². The number of hydrogen-bond acceptors (Lipinski definition) is 2. The summed E-state index contributed by atoms with van der Waals surface area (Å²) >= 11 is 0. The Morgan fingerprint density at radius 2 is 1.85 bits per heavy atom. The molecule has 0 amide bonds. The molecular formula is C29H34F3NO. The SMILES string of the molecule is C[C@@H]1CC2=C(Cc3ccccc32)[C@@H](c2ccc(OCCCCCCF)cc2F)N1CC1(F)CC1. The Kier molecular flexibility index (Phi) is 6.74. The number of halogens is 3. The van der Waals surface area contributed by atoms with Crippen molar-refractivity contribution in [2.75, 3.05) is 19.8 Å². The smallest absolute Gasteiger partial charge is 0.132 e. The topological polar surface area (TPSA) is 12.5 Å². The average Bonchev–Trinajstić information content (AvgIpc) is 3.44. The van der Waals surface area contributed by atoms with Crippen LogP contribution in [0.25, 0.3) is 5.57 Å². The zero-order valence-electron chi connectivity index (χ0n) is 20.0. The molecule has 1 fully saturated rings. The summed E-state index contributed by atoms with van der Waals surface area (Å²) in [6.45, 7) is 2.70. The van der Waals surface area contributed by atoms with E-state index in [9.17, 15) is 8.78 Å². The second-order valence-corrected chi connectivity index (χ2v) is 10.3. The van der Waals surface area contributed by atoms with Gasteiger partial charge in [0.2, 0.25) is 0 Å². The van der Waals surface area contributed by atoms with Crippen molar-refractivity contribution in [1.29, 1.82) is 0 Å². The van der Waals surface area contributed by atoms with Crippen molar-refractivity contribution in [1.82, 2.24) is 4.90 Å². The molecule has 5 heteroatoms. The van der Waals surface area contributed by atoms with Crippen molar-refractivity contribution in [3.8, 4) is 5.75 Å². The van der Waals surface area contributed by atoms with Gasteiger partial charge in [-0.05, 0) is 80.2 Å². The molecule has 1 heterocycles. The standard InChI is InChI=1S/C29H34F3NO/c1-20-16-25-23-9-5-4-8-21(23)17-26(25)28(33(20)19-29(32)12-13-29)24-11-10-22(18-27(24)31)34-15-7-3-2-6-14-30/h4-5,8-11,18,20,28H,2-3,6-7,12-17,19H2,1H3/t20-,28-/m1/s1. The van der Waals surface area contributed by atoms with Crippen LogP contribution in [0.4, 0.5) is 13.2 Å². The van der Waals surface area contributed by atoms with Crippen LogP contribution in [-0.4, -0.2) is 36.4 Å². The second-order valence-electron chi connectivity index (χ2n) is 10.3. The number of rotatable bonds is 10. The van der Waals surface area contributed by atoms with Gasteiger partial charge < -0.3 is 4.74 Å². The van der Waals surface area contributed by atoms with E-state index in [4.69, 9.17) is 4.74 Å². The molecule has 2 aromatic carbocycles. The van der Waals surface area contributed by atoms with Crippen molar-refractivity contribution in [2.24, 2.45) is 0 Å². The van der Waals surface area contributed by atoms with Crippen LogP contribution < -0.4 is 4.74 Å². The number of alkyl halides is 2. The van der Waals surface area contributed by atoms with E-state index < -0.39 is 5.67 Å². The van der Waals surface area contributed by atoms with E-state index >= 15 is 4.39 Å². The maximum atomic E-state index is 15.6. The van der Waals surface area contributed by atoms with Crippen molar-refractivity contribution in [2.45, 2.75) is 76.0 Å². The summed E-state index contributed by atoms with van der Waals surface area (Å²) in [4.78, 5) is 2.20. The van der Waals surface area contributed by atoms with Crippen molar-refractivity contribution < 1.29 is 17.9 Å². The predicted molar refractivity (Wildman–Crippen MR) is 130 cm³/mol. The predicted octanol–water partition coefficient (Wildman–Crippen LogP) is 7.38. The van der Waals surface area contributed by atoms with E-state index in [1.165, 1.54) is 28.3 Å². The fourth-order valence-electron chi connectivity index (χ4n) is 5.62. The fraction of sp³-hybridized carbons (Fsp3) is 0.517. The fourth-order valence-corrected chi connectivity index (χ4v) is 5.62. The van der Waals surface area contributed by atoms with Gasteiger partial charge in [0.25, 0.3) is 0 Å². The molecule has 182 valence electrons. The number of unbranched alkanes of at least 4 members (excludes halogenated alkanes) is 3. The van der Waals surface area contributed by atoms with E-state index in [-0.39, 0.29) is 24.6 Å². The molecule has 1 saturated carbocycles. The van der Waals surface area contributed by atoms with Gasteiger partial charge in [-0.2, -0.15) is 0 Å². The van der Waals surface area contributed by atoms with Crippen molar-refractivity contribution >= 4 is 5.57 Å². The van der Waals surface area contributed by atoms with Gasteiger partial charge in [0, 0.05) is 24.2 Å². The van der Waals surface area contributed by atoms with Crippen molar-refractivity contribution in [3.63, 3.8) is 0 Å². The Hall–Kier alpha value is -2.27. The molecule has 2 aliphatic carbocycles. The normalized spacial score (nSPS) is 23.1. The summed E-state index contributed by atoms with van der Waals surface area (Å²) in [6.07, 6.45) is 6.00. The van der Waals surface area contributed by atoms with Crippen LogP contribution >= 0.6 is 0 Å². The summed E-state index contributed by atoms with van der Waals surface area (Å²) in [7, 11) is 0. The maximum absolute atomic E-state index is 15.6. The molecule has 34 heavy (non-hydrogen) atoms. The lowest BCUT2D eigenvalue weighted by atomic mass is 9.84. The highest BCUT2D eigenvalue weighted by Gasteiger charge is 2.49. The number of ether oxygens (including phenoxy) is 1. The van der Waals surface area contributed by atoms with Gasteiger partial charge in [0.15, 0.2) is 0 Å². The summed E-state index contributed by atoms with van der Waals surface area (Å²) in [5.74, 6) is 0.209. The largest absolute Gasteiger partial charge is 0.493 e. The molecule has 3 aliphatic rings. The van der Waals surface area contributed by atoms with Crippen LogP contribution in [0.5, 0.6) is 5.75 Å². The Bertz CT molecular complexity index is 1060. The van der Waals surface area contributed by atoms with Gasteiger partial charge in [-0.15, -0.1) is 0 Å². The highest BCUT2D eigenvalue weighted by molar-refractivity contribution is 5.79. The number of nitrogens with zero attached hydrogens (tertiary/aromatic N) is 1. The van der Waals surface area contributed by atoms with Gasteiger partial charge in [-0.3, -0.25) is 9.29 Å². The first kappa shape index (κ1) is 23.5. The zero-order chi connectivity index (χ0) is 23.7. The minimum Gasteiger partial charge on any atom is -0.493 e. The Labute approximate surface area is 200 Å². The zero-order valence-corrected chi connectivity index (χ0v) is 20.0. The molecule has 0 unspecified atom stereocenters. The number of benzene rings is 2. The third-order valence-electron chi connectivity index (χ3n) is 7.66. The Morgan fingerprint density at radius 1 is 1.06 bits per heavy atom. The Balaban J connectivity index is 1.40. The summed E-state index contributed by atoms with van der Waals surface area (Å²) in [6, 6.07) is 13.4. The highest BCUT2D eigenvalue weighted by Crippen LogP contribution is 2.51. The molecule has 0 spiro atoms. The molecule has 2 atom stereocenters. The molecule has 1 aliphatic heterocycles. The van der Waals surface area contributed by atoms with Crippen LogP contribution in [0.3, 0.4) is 0 Å². The summed E-state index contributed by atoms with van der Waals surface area (Å²) in [5.41, 5.74) is 4.53. The summed E-state index contributed by atoms with van der Waals surface area (Å²) < 4.78 is 48.5. The second kappa shape index (κ2) is 9.77. The van der Waals surface area contributed by atoms with Crippen LogP contribution in [0.2, 0.25) is 0 Å². The van der Waals surface area contributed by atoms with Crippen LogP contribution in [-0.2, 0) is 6.42 Å². The lowest BCUT2D eigenvalue weighted by molar-refractivity contribution is 0.0997. The maximum Gasteiger partial charge on any atom is 0.132 e. The first-order valence-corrected chi connectivity index (χ1v) is 12.7. The van der Waals surface area contributed by atoms with E-state index in [0.717, 1.165) is 32.1 Å². The highest BCUT2D eigenvalue weighted by atomic mass is 19.1. The minimum absolute atomic E-state index is 0.128. The molecule has 5 rings (SSSR count). The lowest BCUT2D eigenvalue weighted by Gasteiger charge is -2.43. The van der Waals surface area contributed by atoms with Gasteiger partial charge >= 0.3 is 0 Å². The quantitative estimate of drug-likeness (QED) is 0.337. The number of hydrogen-bond donors (Lipinski definition) is 0. The van der Waals surface area contributed by atoms with Crippen LogP contribution in [0.15, 0.2) is 48.0 Å². The van der Waals surface area contributed by atoms with Crippen LogP contribution in [0.1, 0.15) is 74.6 Å². The first-order valence-electron chi connectivity index (χ1n) is 12.7. The monoisotopic (exact) mass is 469 g/mol. The molecule has 0 aromatic heterocycles. The molecule has 0 N–H and O–H groups in total. The molecule has 0 bridgehead atoms. The third kappa shape index (κ3) is 4.77. The van der Waals surface area contributed by atoms with Gasteiger partial charge in [0.05, 0.1) is 19.3 Å². The molecular weight excluding hydrogens is 435 g/mol. The first-order chi connectivity index (χ1) is 16.5. The van der Waals surface area contributed by atoms with E-state index in [2.05, 4.69) is 36.1 Å². The van der Waals surface area contributed by atoms with Crippen molar-refractivity contribution in [3.05, 3.63) is 70.5 Å².